The van der Waals surface area contributed by atoms with Gasteiger partial charge in [-0.2, -0.15) is 0 Å². The SMILES string of the molecule is Cc1ccccc1S(N)(=O)=O.Nc1ccc(Nc2ccc(S(N)(=O)=O)cc2[N+](=O)[O-])cc1S(=O)(=O)NS(=O)(=O)c1ccccc1. The number of nitrogen functional groups attached to an aromatic ring is 1. The highest BCUT2D eigenvalue weighted by Gasteiger charge is 2.27. The van der Waals surface area contributed by atoms with E-state index in [1.54, 1.807) is 35.3 Å². The van der Waals surface area contributed by atoms with Crippen molar-refractivity contribution < 1.29 is 38.6 Å². The number of nitro groups is 1. The minimum atomic E-state index is -4.70. The van der Waals surface area contributed by atoms with E-state index in [4.69, 9.17) is 16.0 Å². The third-order valence-corrected chi connectivity index (χ3v) is 11.3. The van der Waals surface area contributed by atoms with Gasteiger partial charge in [0.15, 0.2) is 0 Å². The van der Waals surface area contributed by atoms with Crippen LogP contribution in [-0.4, -0.2) is 38.6 Å². The second-order valence-corrected chi connectivity index (χ2v) is 15.8. The second kappa shape index (κ2) is 13.3. The topological polar surface area (TPSA) is 282 Å². The maximum Gasteiger partial charge on any atom is 0.294 e. The van der Waals surface area contributed by atoms with Crippen molar-refractivity contribution in [3.63, 3.8) is 0 Å². The molecule has 0 heterocycles. The zero-order valence-corrected chi connectivity index (χ0v) is 26.3. The molecular formula is C25H26N6O10S4. The normalized spacial score (nSPS) is 12.1. The van der Waals surface area contributed by atoms with Gasteiger partial charge in [0.2, 0.25) is 20.0 Å². The minimum Gasteiger partial charge on any atom is -0.398 e. The van der Waals surface area contributed by atoms with Crippen molar-refractivity contribution in [2.45, 2.75) is 26.5 Å². The summed E-state index contributed by atoms with van der Waals surface area (Å²) in [6, 6.07) is 19.6. The Balaban J connectivity index is 0.000000423. The summed E-state index contributed by atoms with van der Waals surface area (Å²) in [5, 5.41) is 23.9. The van der Waals surface area contributed by atoms with Gasteiger partial charge in [0, 0.05) is 11.8 Å². The van der Waals surface area contributed by atoms with E-state index >= 15 is 0 Å². The Labute approximate surface area is 259 Å². The Kier molecular flexibility index (Phi) is 10.3. The maximum absolute atomic E-state index is 12.8. The Morgan fingerprint density at radius 2 is 1.27 bits per heavy atom. The third-order valence-electron chi connectivity index (χ3n) is 5.75. The summed E-state index contributed by atoms with van der Waals surface area (Å²) < 4.78 is 96.7. The smallest absolute Gasteiger partial charge is 0.294 e. The van der Waals surface area contributed by atoms with Gasteiger partial charge in [-0.15, -0.1) is 4.13 Å². The predicted octanol–water partition coefficient (Wildman–Crippen LogP) is 1.88. The highest BCUT2D eigenvalue weighted by molar-refractivity contribution is 8.04. The van der Waals surface area contributed by atoms with Crippen LogP contribution in [0.4, 0.5) is 22.7 Å². The van der Waals surface area contributed by atoms with Crippen LogP contribution in [0.2, 0.25) is 0 Å². The first-order valence-corrected chi connectivity index (χ1v) is 18.2. The Hall–Kier alpha value is -4.44. The van der Waals surface area contributed by atoms with Crippen molar-refractivity contribution in [3.05, 3.63) is 107 Å². The van der Waals surface area contributed by atoms with Crippen LogP contribution >= 0.6 is 0 Å². The molecule has 0 bridgehead atoms. The molecule has 16 nitrogen and oxygen atoms in total. The molecular weight excluding hydrogens is 673 g/mol. The lowest BCUT2D eigenvalue weighted by Gasteiger charge is -2.13. The van der Waals surface area contributed by atoms with Crippen LogP contribution in [0.3, 0.4) is 0 Å². The van der Waals surface area contributed by atoms with Crippen LogP contribution in [0.15, 0.2) is 111 Å². The largest absolute Gasteiger partial charge is 0.398 e. The molecule has 0 aliphatic rings. The molecule has 0 saturated heterocycles. The number of hydrogen-bond donors (Lipinski definition) is 5. The quantitative estimate of drug-likeness (QED) is 0.0951. The molecule has 0 saturated carbocycles. The van der Waals surface area contributed by atoms with Crippen molar-refractivity contribution >= 4 is 62.8 Å². The van der Waals surface area contributed by atoms with Gasteiger partial charge in [0.05, 0.1) is 25.3 Å². The zero-order chi connectivity index (χ0) is 33.8. The van der Waals surface area contributed by atoms with Crippen molar-refractivity contribution in [1.82, 2.24) is 4.13 Å². The summed E-state index contributed by atoms with van der Waals surface area (Å²) in [6.45, 7) is 1.71. The maximum atomic E-state index is 12.8. The first kappa shape index (κ1) is 35.0. The molecule has 0 aliphatic carbocycles. The number of aryl methyl sites for hydroxylation is 1. The molecule has 0 spiro atoms. The summed E-state index contributed by atoms with van der Waals surface area (Å²) >= 11 is 0. The molecule has 0 radical (unpaired) electrons. The van der Waals surface area contributed by atoms with Crippen LogP contribution in [0.25, 0.3) is 0 Å². The molecule has 240 valence electrons. The van der Waals surface area contributed by atoms with Gasteiger partial charge in [0.25, 0.3) is 25.7 Å². The molecule has 4 aromatic rings. The molecule has 0 fully saturated rings. The fraction of sp³-hybridized carbons (Fsp3) is 0.0400. The lowest BCUT2D eigenvalue weighted by atomic mass is 10.2. The number of benzene rings is 4. The van der Waals surface area contributed by atoms with Gasteiger partial charge < -0.3 is 11.1 Å². The van der Waals surface area contributed by atoms with Crippen molar-refractivity contribution in [2.24, 2.45) is 10.3 Å². The predicted molar refractivity (Wildman–Crippen MR) is 165 cm³/mol. The Morgan fingerprint density at radius 3 is 1.80 bits per heavy atom. The number of nitro benzene ring substituents is 1. The van der Waals surface area contributed by atoms with Crippen LogP contribution < -0.4 is 25.5 Å². The van der Waals surface area contributed by atoms with Crippen LogP contribution in [-0.2, 0) is 40.1 Å². The third kappa shape index (κ3) is 9.04. The molecule has 8 N–H and O–H groups in total. The molecule has 45 heavy (non-hydrogen) atoms. The van der Waals surface area contributed by atoms with E-state index in [0.717, 1.165) is 30.3 Å². The van der Waals surface area contributed by atoms with E-state index in [0.29, 0.717) is 5.56 Å². The molecule has 4 rings (SSSR count). The Bertz CT molecular complexity index is 2190. The van der Waals surface area contributed by atoms with E-state index in [9.17, 15) is 43.8 Å². The summed E-state index contributed by atoms with van der Waals surface area (Å²) in [5.41, 5.74) is 5.27. The van der Waals surface area contributed by atoms with Gasteiger partial charge in [-0.3, -0.25) is 10.1 Å². The van der Waals surface area contributed by atoms with Crippen LogP contribution in [0.5, 0.6) is 0 Å². The average Bonchev–Trinajstić information content (AvgIpc) is 2.93. The monoisotopic (exact) mass is 698 g/mol. The van der Waals surface area contributed by atoms with Crippen molar-refractivity contribution in [3.8, 4) is 0 Å². The van der Waals surface area contributed by atoms with Crippen LogP contribution in [0, 0.1) is 17.0 Å². The highest BCUT2D eigenvalue weighted by Crippen LogP contribution is 2.32. The van der Waals surface area contributed by atoms with Gasteiger partial charge in [-0.25, -0.2) is 43.9 Å². The summed E-state index contributed by atoms with van der Waals surface area (Å²) in [5.74, 6) is 0. The van der Waals surface area contributed by atoms with Crippen LogP contribution in [0.1, 0.15) is 5.56 Å². The number of nitrogens with zero attached hydrogens (tertiary/aromatic N) is 1. The van der Waals surface area contributed by atoms with E-state index in [1.165, 1.54) is 36.4 Å². The molecule has 20 heteroatoms. The fourth-order valence-corrected chi connectivity index (χ4v) is 8.05. The Morgan fingerprint density at radius 1 is 0.667 bits per heavy atom. The lowest BCUT2D eigenvalue weighted by Crippen LogP contribution is -2.31. The number of nitrogens with one attached hydrogen (secondary N) is 2. The number of sulfonamides is 4. The lowest BCUT2D eigenvalue weighted by molar-refractivity contribution is -0.384. The standard InChI is InChI=1S/C18H17N5O8S3.C7H9NO2S/c19-15-8-6-12(21-16-9-7-14(32(20,26)27)11-17(16)23(24)25)10-18(15)34(30,31)22-33(28,29)13-4-2-1-3-5-13;1-6-4-2-3-5-7(6)11(8,9)10/h1-11,21-22H,19H2,(H2,20,26,27);2-5H,1H3,(H2,8,9,10). The minimum absolute atomic E-state index is 0.0156. The summed E-state index contributed by atoms with van der Waals surface area (Å²) in [7, 11) is -16.9. The summed E-state index contributed by atoms with van der Waals surface area (Å²) in [4.78, 5) is 9.33. The summed E-state index contributed by atoms with van der Waals surface area (Å²) in [6.07, 6.45) is 0. The molecule has 0 atom stereocenters. The van der Waals surface area contributed by atoms with E-state index < -0.39 is 60.5 Å². The number of primary sulfonamides is 2. The van der Waals surface area contributed by atoms with Gasteiger partial charge >= 0.3 is 0 Å². The van der Waals surface area contributed by atoms with E-state index in [1.807, 2.05) is 0 Å². The van der Waals surface area contributed by atoms with Crippen molar-refractivity contribution in [1.29, 1.82) is 0 Å². The first-order chi connectivity index (χ1) is 20.7. The average molecular weight is 699 g/mol. The van der Waals surface area contributed by atoms with Gasteiger partial charge in [-0.05, 0) is 61.0 Å². The number of anilines is 3. The number of hydrogen-bond acceptors (Lipinski definition) is 12. The van der Waals surface area contributed by atoms with Gasteiger partial charge in [-0.1, -0.05) is 36.4 Å². The van der Waals surface area contributed by atoms with Crippen molar-refractivity contribution in [2.75, 3.05) is 11.1 Å². The fourth-order valence-electron chi connectivity index (χ4n) is 3.66. The molecule has 0 amide bonds. The van der Waals surface area contributed by atoms with E-state index in [-0.39, 0.29) is 26.9 Å². The zero-order valence-electron chi connectivity index (χ0n) is 23.1. The molecule has 4 aromatic carbocycles. The number of rotatable bonds is 9. The number of nitrogens with two attached hydrogens (primary N) is 3. The molecule has 0 unspecified atom stereocenters. The highest BCUT2D eigenvalue weighted by atomic mass is 32.3. The molecule has 0 aliphatic heterocycles. The molecule has 0 aromatic heterocycles. The van der Waals surface area contributed by atoms with Gasteiger partial charge in [0.1, 0.15) is 10.6 Å². The van der Waals surface area contributed by atoms with E-state index in [2.05, 4.69) is 5.32 Å². The first-order valence-electron chi connectivity index (χ1n) is 12.1. The second-order valence-electron chi connectivity index (χ2n) is 9.07.